The summed E-state index contributed by atoms with van der Waals surface area (Å²) >= 11 is 0. The second kappa shape index (κ2) is 6.99. The van der Waals surface area contributed by atoms with Crippen LogP contribution in [0.3, 0.4) is 0 Å². The van der Waals surface area contributed by atoms with Crippen LogP contribution in [-0.2, 0) is 19.5 Å². The Morgan fingerprint density at radius 1 is 1.21 bits per heavy atom. The first-order valence-electron chi connectivity index (χ1n) is 10.6. The van der Waals surface area contributed by atoms with E-state index in [-0.39, 0.29) is 11.9 Å². The van der Waals surface area contributed by atoms with Gasteiger partial charge >= 0.3 is 0 Å². The highest BCUT2D eigenvalue weighted by atomic mass is 16.2. The summed E-state index contributed by atoms with van der Waals surface area (Å²) in [4.78, 5) is 25.0. The average molecular weight is 384 g/mol. The Morgan fingerprint density at radius 3 is 2.86 bits per heavy atom. The van der Waals surface area contributed by atoms with Gasteiger partial charge in [0.1, 0.15) is 17.3 Å². The minimum Gasteiger partial charge on any atom is -0.333 e. The lowest BCUT2D eigenvalue weighted by molar-refractivity contribution is 0.0572. The SMILES string of the molecule is CC(C)C[C@H]1c2nc(C3CC3)nn2CCN1C(=O)c1cn2c(n1)CCNCC2. The normalized spacial score (nSPS) is 22.1. The lowest BCUT2D eigenvalue weighted by atomic mass is 10.00. The summed E-state index contributed by atoms with van der Waals surface area (Å²) in [5, 5.41) is 8.12. The van der Waals surface area contributed by atoms with Crippen molar-refractivity contribution in [2.24, 2.45) is 5.92 Å². The van der Waals surface area contributed by atoms with Crippen LogP contribution in [0.25, 0.3) is 0 Å². The molecule has 8 heteroatoms. The third-order valence-electron chi connectivity index (χ3n) is 5.97. The second-order valence-electron chi connectivity index (χ2n) is 8.71. The summed E-state index contributed by atoms with van der Waals surface area (Å²) in [6.45, 7) is 8.48. The number of nitrogens with zero attached hydrogens (tertiary/aromatic N) is 6. The minimum atomic E-state index is -0.0237. The van der Waals surface area contributed by atoms with Gasteiger partial charge in [0.2, 0.25) is 0 Å². The highest BCUT2D eigenvalue weighted by Gasteiger charge is 2.38. The van der Waals surface area contributed by atoms with Gasteiger partial charge in [-0.15, -0.1) is 0 Å². The van der Waals surface area contributed by atoms with Crippen LogP contribution in [0.4, 0.5) is 0 Å². The standard InChI is InChI=1S/C20H29N7O/c1-13(2)11-16-19-23-18(14-3-4-14)24-27(19)10-9-26(16)20(28)15-12-25-8-7-21-6-5-17(25)22-15/h12-14,16,21H,3-11H2,1-2H3/t16-/m0/s1. The first-order chi connectivity index (χ1) is 13.6. The number of imidazole rings is 1. The molecule has 1 aliphatic carbocycles. The van der Waals surface area contributed by atoms with Gasteiger partial charge in [-0.2, -0.15) is 5.10 Å². The van der Waals surface area contributed by atoms with Crippen molar-refractivity contribution in [2.45, 2.75) is 64.6 Å². The molecule has 1 saturated carbocycles. The summed E-state index contributed by atoms with van der Waals surface area (Å²) in [5.74, 6) is 3.96. The maximum atomic E-state index is 13.4. The van der Waals surface area contributed by atoms with Crippen LogP contribution in [0.2, 0.25) is 0 Å². The molecule has 28 heavy (non-hydrogen) atoms. The Labute approximate surface area is 165 Å². The van der Waals surface area contributed by atoms with Crippen molar-refractivity contribution in [3.8, 4) is 0 Å². The molecular weight excluding hydrogens is 354 g/mol. The van der Waals surface area contributed by atoms with Crippen LogP contribution in [0.5, 0.6) is 0 Å². The first kappa shape index (κ1) is 17.8. The molecular formula is C20H29N7O. The van der Waals surface area contributed by atoms with Gasteiger partial charge in [0.15, 0.2) is 5.82 Å². The van der Waals surface area contributed by atoms with Crippen LogP contribution in [-0.4, -0.2) is 54.8 Å². The molecule has 0 unspecified atom stereocenters. The average Bonchev–Trinajstić information content (AvgIpc) is 3.37. The van der Waals surface area contributed by atoms with Crippen LogP contribution in [0.15, 0.2) is 6.20 Å². The second-order valence-corrected chi connectivity index (χ2v) is 8.71. The molecule has 2 aromatic rings. The van der Waals surface area contributed by atoms with E-state index in [0.29, 0.717) is 30.6 Å². The number of carbonyl (C=O) groups is 1. The number of aromatic nitrogens is 5. The zero-order chi connectivity index (χ0) is 19.3. The third kappa shape index (κ3) is 3.23. The highest BCUT2D eigenvalue weighted by molar-refractivity contribution is 5.92. The fourth-order valence-corrected chi connectivity index (χ4v) is 4.34. The quantitative estimate of drug-likeness (QED) is 0.870. The van der Waals surface area contributed by atoms with Crippen molar-refractivity contribution in [3.63, 3.8) is 0 Å². The Bertz CT molecular complexity index is 856. The van der Waals surface area contributed by atoms with E-state index in [9.17, 15) is 4.79 Å². The molecule has 1 amide bonds. The lowest BCUT2D eigenvalue weighted by Crippen LogP contribution is -2.43. The lowest BCUT2D eigenvalue weighted by Gasteiger charge is -2.35. The van der Waals surface area contributed by atoms with Gasteiger partial charge in [-0.25, -0.2) is 14.6 Å². The molecule has 150 valence electrons. The Kier molecular flexibility index (Phi) is 4.45. The number of fused-ring (bicyclic) bond motifs is 2. The van der Waals surface area contributed by atoms with Gasteiger partial charge in [-0.3, -0.25) is 4.79 Å². The molecule has 2 aromatic heterocycles. The van der Waals surface area contributed by atoms with Gasteiger partial charge in [0, 0.05) is 44.7 Å². The number of hydrogen-bond acceptors (Lipinski definition) is 5. The largest absolute Gasteiger partial charge is 0.333 e. The summed E-state index contributed by atoms with van der Waals surface area (Å²) in [6.07, 6.45) is 6.08. The number of rotatable bonds is 4. The summed E-state index contributed by atoms with van der Waals surface area (Å²) < 4.78 is 4.17. The fourth-order valence-electron chi connectivity index (χ4n) is 4.34. The fraction of sp³-hybridized carbons (Fsp3) is 0.700. The summed E-state index contributed by atoms with van der Waals surface area (Å²) in [6, 6.07) is -0.0237. The van der Waals surface area contributed by atoms with E-state index in [1.807, 2.05) is 15.8 Å². The molecule has 0 aromatic carbocycles. The molecule has 0 bridgehead atoms. The molecule has 0 saturated heterocycles. The zero-order valence-corrected chi connectivity index (χ0v) is 16.8. The van der Waals surface area contributed by atoms with Gasteiger partial charge in [0.05, 0.1) is 12.6 Å². The van der Waals surface area contributed by atoms with E-state index >= 15 is 0 Å². The Balaban J connectivity index is 1.44. The van der Waals surface area contributed by atoms with E-state index in [0.717, 1.165) is 49.9 Å². The van der Waals surface area contributed by atoms with Crippen LogP contribution < -0.4 is 5.32 Å². The smallest absolute Gasteiger partial charge is 0.274 e. The maximum absolute atomic E-state index is 13.4. The molecule has 5 rings (SSSR count). The zero-order valence-electron chi connectivity index (χ0n) is 16.8. The molecule has 2 aliphatic heterocycles. The van der Waals surface area contributed by atoms with Crippen LogP contribution in [0, 0.1) is 5.92 Å². The molecule has 1 fully saturated rings. The van der Waals surface area contributed by atoms with E-state index < -0.39 is 0 Å². The van der Waals surface area contributed by atoms with Crippen molar-refractivity contribution in [2.75, 3.05) is 19.6 Å². The van der Waals surface area contributed by atoms with E-state index in [2.05, 4.69) is 28.7 Å². The van der Waals surface area contributed by atoms with Crippen molar-refractivity contribution < 1.29 is 4.79 Å². The van der Waals surface area contributed by atoms with Gasteiger partial charge < -0.3 is 14.8 Å². The summed E-state index contributed by atoms with van der Waals surface area (Å²) in [5.41, 5.74) is 0.570. The van der Waals surface area contributed by atoms with E-state index in [1.54, 1.807) is 0 Å². The molecule has 0 spiro atoms. The van der Waals surface area contributed by atoms with Crippen LogP contribution >= 0.6 is 0 Å². The topological polar surface area (TPSA) is 80.9 Å². The monoisotopic (exact) mass is 383 g/mol. The maximum Gasteiger partial charge on any atom is 0.274 e. The van der Waals surface area contributed by atoms with Crippen molar-refractivity contribution in [1.29, 1.82) is 0 Å². The molecule has 8 nitrogen and oxygen atoms in total. The van der Waals surface area contributed by atoms with Gasteiger partial charge in [-0.1, -0.05) is 13.8 Å². The van der Waals surface area contributed by atoms with E-state index in [4.69, 9.17) is 10.1 Å². The summed E-state index contributed by atoms with van der Waals surface area (Å²) in [7, 11) is 0. The van der Waals surface area contributed by atoms with Gasteiger partial charge in [-0.05, 0) is 25.2 Å². The number of nitrogens with one attached hydrogen (secondary N) is 1. The van der Waals surface area contributed by atoms with E-state index in [1.165, 1.54) is 12.8 Å². The molecule has 0 radical (unpaired) electrons. The Hall–Kier alpha value is -2.22. The first-order valence-corrected chi connectivity index (χ1v) is 10.6. The number of hydrogen-bond donors (Lipinski definition) is 1. The van der Waals surface area contributed by atoms with Gasteiger partial charge in [0.25, 0.3) is 5.91 Å². The number of carbonyl (C=O) groups excluding carboxylic acids is 1. The van der Waals surface area contributed by atoms with Crippen molar-refractivity contribution >= 4 is 5.91 Å². The predicted octanol–water partition coefficient (Wildman–Crippen LogP) is 1.74. The van der Waals surface area contributed by atoms with Crippen molar-refractivity contribution in [3.05, 3.63) is 29.4 Å². The Morgan fingerprint density at radius 2 is 2.07 bits per heavy atom. The molecule has 3 aliphatic rings. The molecule has 1 atom stereocenters. The van der Waals surface area contributed by atoms with Crippen molar-refractivity contribution in [1.82, 2.24) is 34.5 Å². The molecule has 4 heterocycles. The predicted molar refractivity (Wildman–Crippen MR) is 104 cm³/mol. The minimum absolute atomic E-state index is 0.0237. The molecule has 1 N–H and O–H groups in total. The third-order valence-corrected chi connectivity index (χ3v) is 5.97. The highest BCUT2D eigenvalue weighted by Crippen LogP contribution is 2.40. The van der Waals surface area contributed by atoms with Crippen LogP contribution in [0.1, 0.15) is 73.0 Å². The number of amides is 1.